The lowest BCUT2D eigenvalue weighted by Crippen LogP contribution is -2.41. The van der Waals surface area contributed by atoms with Crippen molar-refractivity contribution < 1.29 is 9.53 Å². The van der Waals surface area contributed by atoms with Crippen molar-refractivity contribution in [2.75, 3.05) is 23.0 Å². The van der Waals surface area contributed by atoms with Gasteiger partial charge in [0.1, 0.15) is 12.4 Å². The molecule has 4 heteroatoms. The Kier molecular flexibility index (Phi) is 5.07. The Labute approximate surface area is 178 Å². The standard InChI is InChI=1S/C26H28N2O2/c1-2-3-10-21-18-30-24-13-6-11-22-20(14-16-27(21)26(22)24)17-25(29)28-15-7-9-19-8-4-5-12-23(19)28/h4-6,8,11-14,16-17,21H,2-3,7,9-10,15,18H2,1H3/b20-17+. The third kappa shape index (κ3) is 3.30. The molecule has 2 aromatic carbocycles. The average molecular weight is 401 g/mol. The van der Waals surface area contributed by atoms with Gasteiger partial charge in [-0.1, -0.05) is 50.1 Å². The minimum atomic E-state index is 0.0483. The van der Waals surface area contributed by atoms with Crippen molar-refractivity contribution in [3.05, 3.63) is 71.9 Å². The number of hydrogen-bond acceptors (Lipinski definition) is 3. The van der Waals surface area contributed by atoms with Gasteiger partial charge in [0.2, 0.25) is 0 Å². The summed E-state index contributed by atoms with van der Waals surface area (Å²) < 4.78 is 6.10. The molecule has 4 nitrogen and oxygen atoms in total. The van der Waals surface area contributed by atoms with Crippen LogP contribution in [0, 0.1) is 0 Å². The molecule has 0 bridgehead atoms. The summed E-state index contributed by atoms with van der Waals surface area (Å²) in [7, 11) is 0. The fourth-order valence-electron chi connectivity index (χ4n) is 4.80. The van der Waals surface area contributed by atoms with Crippen molar-refractivity contribution in [2.45, 2.75) is 45.1 Å². The number of allylic oxidation sites excluding steroid dienone is 2. The molecule has 1 amide bonds. The number of para-hydroxylation sites is 2. The predicted octanol–water partition coefficient (Wildman–Crippen LogP) is 5.33. The van der Waals surface area contributed by atoms with E-state index in [1.807, 2.05) is 23.1 Å². The Balaban J connectivity index is 1.48. The highest BCUT2D eigenvalue weighted by Crippen LogP contribution is 2.44. The zero-order chi connectivity index (χ0) is 20.5. The van der Waals surface area contributed by atoms with Crippen molar-refractivity contribution in [2.24, 2.45) is 0 Å². The summed E-state index contributed by atoms with van der Waals surface area (Å²) in [6.45, 7) is 3.70. The number of amides is 1. The van der Waals surface area contributed by atoms with Crippen LogP contribution in [0.1, 0.15) is 43.7 Å². The number of ether oxygens (including phenoxy) is 1. The highest BCUT2D eigenvalue weighted by Gasteiger charge is 2.31. The Morgan fingerprint density at radius 1 is 1.20 bits per heavy atom. The number of aryl methyl sites for hydroxylation is 1. The minimum absolute atomic E-state index is 0.0483. The zero-order valence-corrected chi connectivity index (χ0v) is 17.5. The smallest absolute Gasteiger partial charge is 0.251 e. The number of hydrogen-bond donors (Lipinski definition) is 0. The largest absolute Gasteiger partial charge is 0.489 e. The van der Waals surface area contributed by atoms with E-state index in [-0.39, 0.29) is 5.91 Å². The van der Waals surface area contributed by atoms with Crippen LogP contribution < -0.4 is 14.5 Å². The number of fused-ring (bicyclic) bond motifs is 1. The van der Waals surface area contributed by atoms with Crippen molar-refractivity contribution in [1.82, 2.24) is 0 Å². The third-order valence-electron chi connectivity index (χ3n) is 6.35. The molecule has 0 radical (unpaired) electrons. The van der Waals surface area contributed by atoms with Crippen molar-refractivity contribution in [1.29, 1.82) is 0 Å². The molecule has 154 valence electrons. The number of unbranched alkanes of at least 4 members (excludes halogenated alkanes) is 1. The monoisotopic (exact) mass is 400 g/mol. The van der Waals surface area contributed by atoms with Gasteiger partial charge in [0.15, 0.2) is 0 Å². The topological polar surface area (TPSA) is 32.8 Å². The van der Waals surface area contributed by atoms with Gasteiger partial charge in [-0.3, -0.25) is 4.79 Å². The van der Waals surface area contributed by atoms with Gasteiger partial charge in [0.25, 0.3) is 5.91 Å². The maximum absolute atomic E-state index is 13.3. The molecule has 5 rings (SSSR count). The van der Waals surface area contributed by atoms with Gasteiger partial charge in [-0.05, 0) is 48.6 Å². The maximum atomic E-state index is 13.3. The maximum Gasteiger partial charge on any atom is 0.251 e. The van der Waals surface area contributed by atoms with E-state index in [1.165, 1.54) is 18.4 Å². The van der Waals surface area contributed by atoms with Gasteiger partial charge in [-0.2, -0.15) is 0 Å². The van der Waals surface area contributed by atoms with E-state index in [0.29, 0.717) is 12.6 Å². The van der Waals surface area contributed by atoms with Gasteiger partial charge >= 0.3 is 0 Å². The molecule has 1 unspecified atom stereocenters. The Hall–Kier alpha value is -3.01. The first-order valence-corrected chi connectivity index (χ1v) is 11.1. The first kappa shape index (κ1) is 19.0. The summed E-state index contributed by atoms with van der Waals surface area (Å²) >= 11 is 0. The Morgan fingerprint density at radius 2 is 2.10 bits per heavy atom. The van der Waals surface area contributed by atoms with Crippen LogP contribution in [0.3, 0.4) is 0 Å². The van der Waals surface area contributed by atoms with Gasteiger partial charge in [-0.25, -0.2) is 0 Å². The molecule has 0 saturated carbocycles. The molecule has 0 aromatic heterocycles. The van der Waals surface area contributed by atoms with E-state index in [4.69, 9.17) is 4.74 Å². The molecule has 0 N–H and O–H groups in total. The summed E-state index contributed by atoms with van der Waals surface area (Å²) in [4.78, 5) is 17.5. The quantitative estimate of drug-likeness (QED) is 0.650. The summed E-state index contributed by atoms with van der Waals surface area (Å²) in [6, 6.07) is 14.7. The van der Waals surface area contributed by atoms with Gasteiger partial charge in [0, 0.05) is 30.1 Å². The number of carbonyl (C=O) groups is 1. The summed E-state index contributed by atoms with van der Waals surface area (Å²) in [6.07, 6.45) is 11.5. The van der Waals surface area contributed by atoms with Crippen LogP contribution in [-0.2, 0) is 11.2 Å². The second-order valence-corrected chi connectivity index (χ2v) is 8.30. The lowest BCUT2D eigenvalue weighted by atomic mass is 9.95. The van der Waals surface area contributed by atoms with E-state index in [0.717, 1.165) is 54.1 Å². The second kappa shape index (κ2) is 8.02. The molecule has 0 saturated heterocycles. The van der Waals surface area contributed by atoms with E-state index in [9.17, 15) is 4.79 Å². The number of anilines is 2. The molecule has 1 atom stereocenters. The highest BCUT2D eigenvalue weighted by atomic mass is 16.5. The van der Waals surface area contributed by atoms with Crippen LogP contribution in [0.25, 0.3) is 5.57 Å². The molecule has 3 heterocycles. The predicted molar refractivity (Wildman–Crippen MR) is 122 cm³/mol. The molecule has 3 aliphatic rings. The van der Waals surface area contributed by atoms with E-state index < -0.39 is 0 Å². The van der Waals surface area contributed by atoms with Crippen LogP contribution in [0.5, 0.6) is 5.75 Å². The van der Waals surface area contributed by atoms with Gasteiger partial charge in [0.05, 0.1) is 11.7 Å². The van der Waals surface area contributed by atoms with Gasteiger partial charge in [-0.15, -0.1) is 0 Å². The molecule has 0 fully saturated rings. The summed E-state index contributed by atoms with van der Waals surface area (Å²) in [5, 5.41) is 0. The lowest BCUT2D eigenvalue weighted by molar-refractivity contribution is -0.114. The third-order valence-corrected chi connectivity index (χ3v) is 6.35. The SMILES string of the molecule is CCCCC1COc2cccc3c2N1C=C/C3=C\C(=O)N1CCCc2ccccc21. The molecule has 0 aliphatic carbocycles. The molecule has 30 heavy (non-hydrogen) atoms. The normalized spacial score (nSPS) is 20.6. The van der Waals surface area contributed by atoms with Crippen LogP contribution in [0.15, 0.2) is 60.8 Å². The molecular weight excluding hydrogens is 372 g/mol. The Bertz CT molecular complexity index is 1020. The molecular formula is C26H28N2O2. The lowest BCUT2D eigenvalue weighted by Gasteiger charge is -2.40. The highest BCUT2D eigenvalue weighted by molar-refractivity contribution is 6.09. The van der Waals surface area contributed by atoms with Crippen LogP contribution in [-0.4, -0.2) is 25.1 Å². The van der Waals surface area contributed by atoms with E-state index in [1.54, 1.807) is 6.08 Å². The fourth-order valence-corrected chi connectivity index (χ4v) is 4.80. The van der Waals surface area contributed by atoms with E-state index in [2.05, 4.69) is 48.4 Å². The second-order valence-electron chi connectivity index (χ2n) is 8.30. The number of benzene rings is 2. The van der Waals surface area contributed by atoms with Crippen LogP contribution >= 0.6 is 0 Å². The molecule has 3 aliphatic heterocycles. The first-order valence-electron chi connectivity index (χ1n) is 11.1. The Morgan fingerprint density at radius 3 is 3.00 bits per heavy atom. The number of carbonyl (C=O) groups excluding carboxylic acids is 1. The fraction of sp³-hybridized carbons (Fsp3) is 0.346. The van der Waals surface area contributed by atoms with Crippen molar-refractivity contribution in [3.8, 4) is 5.75 Å². The summed E-state index contributed by atoms with van der Waals surface area (Å²) in [5.74, 6) is 0.957. The van der Waals surface area contributed by atoms with Crippen molar-refractivity contribution in [3.63, 3.8) is 0 Å². The van der Waals surface area contributed by atoms with Crippen LogP contribution in [0.4, 0.5) is 11.4 Å². The van der Waals surface area contributed by atoms with Gasteiger partial charge < -0.3 is 14.5 Å². The number of nitrogens with zero attached hydrogens (tertiary/aromatic N) is 2. The first-order chi connectivity index (χ1) is 14.8. The summed E-state index contributed by atoms with van der Waals surface area (Å²) in [5.41, 5.74) is 5.44. The molecule has 2 aromatic rings. The van der Waals surface area contributed by atoms with Crippen molar-refractivity contribution >= 4 is 22.9 Å². The average Bonchev–Trinajstić information content (AvgIpc) is 2.79. The number of rotatable bonds is 4. The zero-order valence-electron chi connectivity index (χ0n) is 17.5. The molecule has 0 spiro atoms. The minimum Gasteiger partial charge on any atom is -0.489 e. The van der Waals surface area contributed by atoms with Crippen LogP contribution in [0.2, 0.25) is 0 Å². The van der Waals surface area contributed by atoms with E-state index >= 15 is 0 Å².